The van der Waals surface area contributed by atoms with Crippen LogP contribution in [0.2, 0.25) is 0 Å². The minimum atomic E-state index is 0. The van der Waals surface area contributed by atoms with Crippen LogP contribution in [0.1, 0.15) is 21.8 Å². The maximum absolute atomic E-state index is 13.0. The normalized spacial score (nSPS) is 21.3. The molecule has 0 spiro atoms. The predicted molar refractivity (Wildman–Crippen MR) is 104 cm³/mol. The zero-order chi connectivity index (χ0) is 16.4. The molecule has 4 heterocycles. The minimum absolute atomic E-state index is 0. The van der Waals surface area contributed by atoms with Gasteiger partial charge in [-0.1, -0.05) is 6.07 Å². The summed E-state index contributed by atoms with van der Waals surface area (Å²) in [6.07, 6.45) is 3.11. The molecule has 2 aromatic heterocycles. The van der Waals surface area contributed by atoms with Gasteiger partial charge >= 0.3 is 0 Å². The van der Waals surface area contributed by atoms with E-state index in [1.165, 1.54) is 4.88 Å². The third-order valence-electron chi connectivity index (χ3n) is 5.07. The van der Waals surface area contributed by atoms with Gasteiger partial charge in [0.2, 0.25) is 0 Å². The largest absolute Gasteiger partial charge is 0.338 e. The number of hydrogen-bond donors (Lipinski definition) is 1. The number of halogens is 1. The molecule has 2 saturated heterocycles. The Balaban J connectivity index is 0.00000182. The molecule has 2 fully saturated rings. The number of thiophene rings is 1. The average Bonchev–Trinajstić information content (AvgIpc) is 3.37. The number of nitrogens with zero attached hydrogens (tertiary/aromatic N) is 3. The SMILES string of the molecule is Cl.O=C(c1cccn1Cc1cccs1)N1CCC(N2CCNCC2)C1. The Hall–Kier alpha value is -1.34. The molecule has 0 aromatic carbocycles. The van der Waals surface area contributed by atoms with E-state index in [1.54, 1.807) is 11.3 Å². The minimum Gasteiger partial charge on any atom is -0.338 e. The van der Waals surface area contributed by atoms with Gasteiger partial charge in [0.15, 0.2) is 0 Å². The van der Waals surface area contributed by atoms with Crippen molar-refractivity contribution in [2.24, 2.45) is 0 Å². The summed E-state index contributed by atoms with van der Waals surface area (Å²) in [5.74, 6) is 0.175. The molecule has 2 aliphatic rings. The van der Waals surface area contributed by atoms with E-state index in [0.717, 1.165) is 57.9 Å². The number of amides is 1. The first-order valence-corrected chi connectivity index (χ1v) is 9.61. The van der Waals surface area contributed by atoms with Crippen LogP contribution < -0.4 is 5.32 Å². The molecule has 1 amide bonds. The summed E-state index contributed by atoms with van der Waals surface area (Å²) in [5, 5.41) is 5.48. The van der Waals surface area contributed by atoms with Gasteiger partial charge in [0.25, 0.3) is 5.91 Å². The first-order valence-electron chi connectivity index (χ1n) is 8.73. The van der Waals surface area contributed by atoms with Crippen LogP contribution in [0.5, 0.6) is 0 Å². The van der Waals surface area contributed by atoms with Crippen LogP contribution in [0, 0.1) is 0 Å². The number of carbonyl (C=O) groups excluding carboxylic acids is 1. The van der Waals surface area contributed by atoms with Crippen molar-refractivity contribution in [3.05, 3.63) is 46.4 Å². The van der Waals surface area contributed by atoms with Gasteiger partial charge in [0.1, 0.15) is 5.69 Å². The van der Waals surface area contributed by atoms with Gasteiger partial charge in [-0.25, -0.2) is 0 Å². The molecular formula is C18H25ClN4OS. The van der Waals surface area contributed by atoms with Crippen molar-refractivity contribution in [1.82, 2.24) is 19.7 Å². The monoisotopic (exact) mass is 380 g/mol. The fraction of sp³-hybridized carbons (Fsp3) is 0.500. The highest BCUT2D eigenvalue weighted by Gasteiger charge is 2.32. The summed E-state index contributed by atoms with van der Waals surface area (Å²) in [5.41, 5.74) is 0.810. The fourth-order valence-electron chi connectivity index (χ4n) is 3.75. The molecule has 1 N–H and O–H groups in total. The van der Waals surface area contributed by atoms with Crippen molar-refractivity contribution in [1.29, 1.82) is 0 Å². The highest BCUT2D eigenvalue weighted by atomic mass is 35.5. The number of rotatable bonds is 4. The van der Waals surface area contributed by atoms with Crippen molar-refractivity contribution in [2.75, 3.05) is 39.3 Å². The first-order chi connectivity index (χ1) is 11.8. The Morgan fingerprint density at radius 1 is 1.20 bits per heavy atom. The van der Waals surface area contributed by atoms with Crippen LogP contribution in [0.4, 0.5) is 0 Å². The topological polar surface area (TPSA) is 40.5 Å². The predicted octanol–water partition coefficient (Wildman–Crippen LogP) is 2.14. The zero-order valence-corrected chi connectivity index (χ0v) is 15.9. The lowest BCUT2D eigenvalue weighted by molar-refractivity contribution is 0.0763. The third-order valence-corrected chi connectivity index (χ3v) is 5.93. The fourth-order valence-corrected chi connectivity index (χ4v) is 4.45. The third kappa shape index (κ3) is 4.08. The highest BCUT2D eigenvalue weighted by Crippen LogP contribution is 2.20. The van der Waals surface area contributed by atoms with Crippen LogP contribution in [-0.2, 0) is 6.54 Å². The number of carbonyl (C=O) groups is 1. The molecule has 1 atom stereocenters. The summed E-state index contributed by atoms with van der Waals surface area (Å²) in [6, 6.07) is 8.63. The van der Waals surface area contributed by atoms with E-state index in [-0.39, 0.29) is 18.3 Å². The quantitative estimate of drug-likeness (QED) is 0.883. The molecule has 136 valence electrons. The number of nitrogens with one attached hydrogen (secondary N) is 1. The Labute approximate surface area is 159 Å². The van der Waals surface area contributed by atoms with Crippen molar-refractivity contribution >= 4 is 29.7 Å². The second kappa shape index (κ2) is 8.36. The van der Waals surface area contributed by atoms with Gasteiger partial charge < -0.3 is 14.8 Å². The van der Waals surface area contributed by atoms with Crippen molar-refractivity contribution in [3.8, 4) is 0 Å². The molecule has 0 saturated carbocycles. The van der Waals surface area contributed by atoms with Crippen molar-refractivity contribution in [2.45, 2.75) is 19.0 Å². The Kier molecular flexibility index (Phi) is 6.17. The van der Waals surface area contributed by atoms with E-state index in [1.807, 2.05) is 23.2 Å². The summed E-state index contributed by atoms with van der Waals surface area (Å²) in [6.45, 7) is 6.84. The van der Waals surface area contributed by atoms with E-state index in [2.05, 4.69) is 32.3 Å². The van der Waals surface area contributed by atoms with Crippen LogP contribution in [0.25, 0.3) is 0 Å². The lowest BCUT2D eigenvalue weighted by Crippen LogP contribution is -2.49. The van der Waals surface area contributed by atoms with Crippen LogP contribution >= 0.6 is 23.7 Å². The number of piperazine rings is 1. The second-order valence-electron chi connectivity index (χ2n) is 6.58. The van der Waals surface area contributed by atoms with Gasteiger partial charge in [-0.2, -0.15) is 0 Å². The van der Waals surface area contributed by atoms with E-state index in [4.69, 9.17) is 0 Å². The Morgan fingerprint density at radius 3 is 2.80 bits per heavy atom. The lowest BCUT2D eigenvalue weighted by Gasteiger charge is -2.32. The molecule has 5 nitrogen and oxygen atoms in total. The summed E-state index contributed by atoms with van der Waals surface area (Å²) in [7, 11) is 0. The first kappa shape index (κ1) is 18.5. The summed E-state index contributed by atoms with van der Waals surface area (Å²) >= 11 is 1.73. The maximum Gasteiger partial charge on any atom is 0.270 e. The van der Waals surface area contributed by atoms with E-state index < -0.39 is 0 Å². The molecule has 4 rings (SSSR count). The lowest BCUT2D eigenvalue weighted by atomic mass is 10.2. The second-order valence-corrected chi connectivity index (χ2v) is 7.61. The van der Waals surface area contributed by atoms with Gasteiger partial charge in [-0.3, -0.25) is 9.69 Å². The molecule has 0 bridgehead atoms. The van der Waals surface area contributed by atoms with Gasteiger partial charge in [-0.15, -0.1) is 23.7 Å². The standard InChI is InChI=1S/C18H24N4OS.ClH/c23-18(17-4-1-8-21(17)14-16-3-2-12-24-16)22-9-5-15(13-22)20-10-6-19-7-11-20;/h1-4,8,12,15,19H,5-7,9-11,13-14H2;1H. The number of aromatic nitrogens is 1. The van der Waals surface area contributed by atoms with Crippen LogP contribution in [0.3, 0.4) is 0 Å². The van der Waals surface area contributed by atoms with E-state index >= 15 is 0 Å². The number of hydrogen-bond acceptors (Lipinski definition) is 4. The van der Waals surface area contributed by atoms with Crippen molar-refractivity contribution < 1.29 is 4.79 Å². The van der Waals surface area contributed by atoms with Gasteiger partial charge in [-0.05, 0) is 30.0 Å². The zero-order valence-electron chi connectivity index (χ0n) is 14.3. The van der Waals surface area contributed by atoms with E-state index in [9.17, 15) is 4.79 Å². The number of likely N-dealkylation sites (tertiary alicyclic amines) is 1. The average molecular weight is 381 g/mol. The van der Waals surface area contributed by atoms with Gasteiger partial charge in [0, 0.05) is 56.4 Å². The Morgan fingerprint density at radius 2 is 2.04 bits per heavy atom. The highest BCUT2D eigenvalue weighted by molar-refractivity contribution is 7.09. The van der Waals surface area contributed by atoms with E-state index in [0.29, 0.717) is 6.04 Å². The molecule has 1 unspecified atom stereocenters. The molecule has 2 aliphatic heterocycles. The molecule has 2 aromatic rings. The summed E-state index contributed by atoms with van der Waals surface area (Å²) in [4.78, 5) is 18.8. The molecule has 25 heavy (non-hydrogen) atoms. The van der Waals surface area contributed by atoms with Crippen LogP contribution in [-0.4, -0.2) is 65.6 Å². The molecule has 7 heteroatoms. The molecule has 0 radical (unpaired) electrons. The van der Waals surface area contributed by atoms with Crippen LogP contribution in [0.15, 0.2) is 35.8 Å². The summed E-state index contributed by atoms with van der Waals surface area (Å²) < 4.78 is 2.08. The van der Waals surface area contributed by atoms with Gasteiger partial charge in [0.05, 0.1) is 6.54 Å². The Bertz CT molecular complexity index is 681. The molecular weight excluding hydrogens is 356 g/mol. The smallest absolute Gasteiger partial charge is 0.270 e. The maximum atomic E-state index is 13.0. The molecule has 0 aliphatic carbocycles. The van der Waals surface area contributed by atoms with Crippen molar-refractivity contribution in [3.63, 3.8) is 0 Å².